The quantitative estimate of drug-likeness (QED) is 0.471. The normalized spacial score (nSPS) is 13.3. The second kappa shape index (κ2) is 4.82. The van der Waals surface area contributed by atoms with Crippen molar-refractivity contribution in [3.63, 3.8) is 0 Å². The summed E-state index contributed by atoms with van der Waals surface area (Å²) >= 11 is 0. The number of hydrogen-bond acceptors (Lipinski definition) is 3. The second-order valence-electron chi connectivity index (χ2n) is 3.17. The Morgan fingerprint density at radius 3 is 2.86 bits per heavy atom. The van der Waals surface area contributed by atoms with Crippen molar-refractivity contribution in [1.82, 2.24) is 0 Å². The summed E-state index contributed by atoms with van der Waals surface area (Å²) in [6.45, 7) is 0.782. The number of benzene rings is 1. The minimum absolute atomic E-state index is 0. The number of fused-ring (bicyclic) bond motifs is 1. The number of carboxylic acids is 1. The summed E-state index contributed by atoms with van der Waals surface area (Å²) in [6, 6.07) is 7.88. The van der Waals surface area contributed by atoms with Crippen molar-refractivity contribution in [2.75, 3.05) is 18.0 Å². The standard InChI is InChI=1S/C10H11NO2.Na/c12-10(13)7-11-6-5-8-3-1-2-4-9(8)11;/h1-4H,5-7H2,(H,12,13);/q;+1/p-1. The van der Waals surface area contributed by atoms with Gasteiger partial charge >= 0.3 is 29.6 Å². The first-order valence-electron chi connectivity index (χ1n) is 4.30. The van der Waals surface area contributed by atoms with Crippen molar-refractivity contribution < 1.29 is 39.5 Å². The maximum absolute atomic E-state index is 10.4. The summed E-state index contributed by atoms with van der Waals surface area (Å²) in [5, 5.41) is 10.4. The van der Waals surface area contributed by atoms with Gasteiger partial charge in [-0.25, -0.2) is 0 Å². The van der Waals surface area contributed by atoms with E-state index in [0.717, 1.165) is 18.7 Å². The molecule has 1 aromatic rings. The zero-order valence-electron chi connectivity index (χ0n) is 8.19. The van der Waals surface area contributed by atoms with Crippen molar-refractivity contribution in [3.05, 3.63) is 29.8 Å². The Morgan fingerprint density at radius 1 is 1.43 bits per heavy atom. The maximum atomic E-state index is 10.4. The molecule has 0 atom stereocenters. The molecule has 0 unspecified atom stereocenters. The van der Waals surface area contributed by atoms with E-state index >= 15 is 0 Å². The van der Waals surface area contributed by atoms with Crippen LogP contribution in [0.3, 0.4) is 0 Å². The first kappa shape index (κ1) is 11.6. The molecule has 0 fully saturated rings. The number of aliphatic carboxylic acids is 1. The first-order chi connectivity index (χ1) is 6.27. The van der Waals surface area contributed by atoms with E-state index in [1.54, 1.807) is 0 Å². The van der Waals surface area contributed by atoms with Crippen LogP contribution < -0.4 is 39.6 Å². The van der Waals surface area contributed by atoms with Crippen LogP contribution >= 0.6 is 0 Å². The average molecular weight is 199 g/mol. The first-order valence-corrected chi connectivity index (χ1v) is 4.30. The van der Waals surface area contributed by atoms with Crippen molar-refractivity contribution in [1.29, 1.82) is 0 Å². The van der Waals surface area contributed by atoms with Crippen LogP contribution in [0.1, 0.15) is 5.56 Å². The van der Waals surface area contributed by atoms with Crippen LogP contribution in [-0.2, 0) is 11.2 Å². The van der Waals surface area contributed by atoms with Crippen LogP contribution in [0.4, 0.5) is 5.69 Å². The van der Waals surface area contributed by atoms with Crippen molar-refractivity contribution in [2.24, 2.45) is 0 Å². The number of nitrogens with zero attached hydrogens (tertiary/aromatic N) is 1. The van der Waals surface area contributed by atoms with Gasteiger partial charge in [-0.05, 0) is 18.1 Å². The summed E-state index contributed by atoms with van der Waals surface area (Å²) in [5.41, 5.74) is 2.26. The fraction of sp³-hybridized carbons (Fsp3) is 0.300. The number of carbonyl (C=O) groups is 1. The molecule has 0 radical (unpaired) electrons. The Morgan fingerprint density at radius 2 is 2.14 bits per heavy atom. The van der Waals surface area contributed by atoms with Gasteiger partial charge in [0.05, 0.1) is 12.5 Å². The molecule has 0 aliphatic carbocycles. The monoisotopic (exact) mass is 199 g/mol. The topological polar surface area (TPSA) is 43.4 Å². The third-order valence-corrected chi connectivity index (χ3v) is 2.30. The predicted octanol–water partition coefficient (Wildman–Crippen LogP) is -3.20. The third kappa shape index (κ3) is 2.29. The van der Waals surface area contributed by atoms with Gasteiger partial charge in [-0.3, -0.25) is 0 Å². The average Bonchev–Trinajstić information content (AvgIpc) is 2.48. The Labute approximate surface area is 105 Å². The van der Waals surface area contributed by atoms with Crippen LogP contribution in [-0.4, -0.2) is 19.1 Å². The zero-order valence-corrected chi connectivity index (χ0v) is 10.2. The molecule has 2 rings (SSSR count). The molecule has 0 bridgehead atoms. The van der Waals surface area contributed by atoms with Crippen molar-refractivity contribution in [3.8, 4) is 0 Å². The van der Waals surface area contributed by atoms with Crippen LogP contribution in [0.15, 0.2) is 24.3 Å². The Hall–Kier alpha value is -0.510. The number of carboxylic acid groups (broad SMARTS) is 1. The Balaban J connectivity index is 0.000000980. The zero-order chi connectivity index (χ0) is 9.26. The Kier molecular flexibility index (Phi) is 3.98. The second-order valence-corrected chi connectivity index (χ2v) is 3.17. The predicted molar refractivity (Wildman–Crippen MR) is 47.4 cm³/mol. The fourth-order valence-corrected chi connectivity index (χ4v) is 1.73. The summed E-state index contributed by atoms with van der Waals surface area (Å²) < 4.78 is 0. The molecule has 1 aromatic carbocycles. The van der Waals surface area contributed by atoms with E-state index < -0.39 is 5.97 Å². The van der Waals surface area contributed by atoms with E-state index in [-0.39, 0.29) is 36.1 Å². The van der Waals surface area contributed by atoms with Gasteiger partial charge in [0.25, 0.3) is 0 Å². The molecule has 14 heavy (non-hydrogen) atoms. The molecule has 0 saturated heterocycles. The summed E-state index contributed by atoms with van der Waals surface area (Å²) in [7, 11) is 0. The molecule has 1 aliphatic heterocycles. The van der Waals surface area contributed by atoms with E-state index in [2.05, 4.69) is 0 Å². The number of hydrogen-bond donors (Lipinski definition) is 0. The minimum Gasteiger partial charge on any atom is -0.548 e. The molecule has 68 valence electrons. The molecular formula is C10H10NNaO2. The molecule has 4 heteroatoms. The molecule has 0 N–H and O–H groups in total. The van der Waals surface area contributed by atoms with Gasteiger partial charge in [-0.15, -0.1) is 0 Å². The van der Waals surface area contributed by atoms with Crippen molar-refractivity contribution >= 4 is 11.7 Å². The van der Waals surface area contributed by atoms with Gasteiger partial charge in [0, 0.05) is 12.2 Å². The van der Waals surface area contributed by atoms with E-state index in [1.807, 2.05) is 29.2 Å². The third-order valence-electron chi connectivity index (χ3n) is 2.30. The van der Waals surface area contributed by atoms with Gasteiger partial charge < -0.3 is 14.8 Å². The maximum Gasteiger partial charge on any atom is 1.00 e. The summed E-state index contributed by atoms with van der Waals surface area (Å²) in [6.07, 6.45) is 0.934. The number of anilines is 1. The van der Waals surface area contributed by atoms with E-state index in [9.17, 15) is 9.90 Å². The molecule has 3 nitrogen and oxygen atoms in total. The molecule has 1 aliphatic rings. The van der Waals surface area contributed by atoms with Gasteiger partial charge in [-0.1, -0.05) is 18.2 Å². The minimum atomic E-state index is -1.02. The van der Waals surface area contributed by atoms with Crippen LogP contribution in [0, 0.1) is 0 Å². The number of rotatable bonds is 2. The summed E-state index contributed by atoms with van der Waals surface area (Å²) in [5.74, 6) is -1.02. The summed E-state index contributed by atoms with van der Waals surface area (Å²) in [4.78, 5) is 12.3. The largest absolute Gasteiger partial charge is 1.00 e. The molecule has 0 amide bonds. The van der Waals surface area contributed by atoms with Gasteiger partial charge in [0.2, 0.25) is 0 Å². The smallest absolute Gasteiger partial charge is 0.548 e. The molecule has 0 saturated carbocycles. The van der Waals surface area contributed by atoms with Gasteiger partial charge in [0.15, 0.2) is 0 Å². The van der Waals surface area contributed by atoms with Crippen LogP contribution in [0.2, 0.25) is 0 Å². The number of para-hydroxylation sites is 1. The molecule has 1 heterocycles. The SMILES string of the molecule is O=C([O-])CN1CCc2ccccc21.[Na+]. The molecule has 0 aromatic heterocycles. The molecular weight excluding hydrogens is 189 g/mol. The van der Waals surface area contributed by atoms with E-state index in [0.29, 0.717) is 0 Å². The molecule has 0 spiro atoms. The van der Waals surface area contributed by atoms with E-state index in [1.165, 1.54) is 5.56 Å². The van der Waals surface area contributed by atoms with Crippen molar-refractivity contribution in [2.45, 2.75) is 6.42 Å². The van der Waals surface area contributed by atoms with Crippen LogP contribution in [0.25, 0.3) is 0 Å². The Bertz CT molecular complexity index is 341. The van der Waals surface area contributed by atoms with Gasteiger partial charge in [-0.2, -0.15) is 0 Å². The van der Waals surface area contributed by atoms with Gasteiger partial charge in [0.1, 0.15) is 0 Å². The van der Waals surface area contributed by atoms with Crippen LogP contribution in [0.5, 0.6) is 0 Å². The fourth-order valence-electron chi connectivity index (χ4n) is 1.73. The van der Waals surface area contributed by atoms with E-state index in [4.69, 9.17) is 0 Å². The number of carbonyl (C=O) groups excluding carboxylic acids is 1.